The molecule has 1 atom stereocenters. The topological polar surface area (TPSA) is 53.9 Å². The van der Waals surface area contributed by atoms with Gasteiger partial charge in [-0.05, 0) is 66.9 Å². The molecule has 18 heavy (non-hydrogen) atoms. The fourth-order valence-corrected chi connectivity index (χ4v) is 2.21. The van der Waals surface area contributed by atoms with Crippen molar-refractivity contribution in [3.8, 4) is 0 Å². The molecule has 5 heteroatoms. The van der Waals surface area contributed by atoms with E-state index in [9.17, 15) is 0 Å². The second-order valence-electron chi connectivity index (χ2n) is 4.44. The van der Waals surface area contributed by atoms with Crippen molar-refractivity contribution in [3.05, 3.63) is 40.0 Å². The first kappa shape index (κ1) is 13.4. The van der Waals surface area contributed by atoms with E-state index in [2.05, 4.69) is 45.3 Å². The molecule has 0 aliphatic carbocycles. The summed E-state index contributed by atoms with van der Waals surface area (Å²) in [7, 11) is 0. The van der Waals surface area contributed by atoms with Crippen LogP contribution in [-0.4, -0.2) is 16.7 Å². The molecular formula is C13H18BrN3O. The minimum Gasteiger partial charge on any atom is -0.453 e. The minimum atomic E-state index is 0.238. The van der Waals surface area contributed by atoms with Gasteiger partial charge < -0.3 is 9.73 Å². The largest absolute Gasteiger partial charge is 0.453 e. The maximum absolute atomic E-state index is 5.51. The van der Waals surface area contributed by atoms with Crippen LogP contribution in [0.4, 0.5) is 0 Å². The van der Waals surface area contributed by atoms with Crippen molar-refractivity contribution in [1.82, 2.24) is 15.5 Å². The van der Waals surface area contributed by atoms with E-state index < -0.39 is 0 Å². The monoisotopic (exact) mass is 311 g/mol. The van der Waals surface area contributed by atoms with E-state index in [1.54, 1.807) is 0 Å². The fourth-order valence-electron chi connectivity index (χ4n) is 1.89. The van der Waals surface area contributed by atoms with Gasteiger partial charge in [0.2, 0.25) is 0 Å². The van der Waals surface area contributed by atoms with E-state index in [4.69, 9.17) is 4.42 Å². The molecule has 0 saturated carbocycles. The Labute approximate surface area is 115 Å². The molecule has 0 aliphatic heterocycles. The normalized spacial score (nSPS) is 12.8. The number of nitrogens with zero attached hydrogens (tertiary/aromatic N) is 1. The van der Waals surface area contributed by atoms with E-state index in [-0.39, 0.29) is 6.04 Å². The van der Waals surface area contributed by atoms with Gasteiger partial charge in [-0.2, -0.15) is 5.10 Å². The number of furan rings is 1. The Bertz CT molecular complexity index is 492. The van der Waals surface area contributed by atoms with Crippen LogP contribution in [0.3, 0.4) is 0 Å². The van der Waals surface area contributed by atoms with Gasteiger partial charge in [0, 0.05) is 5.69 Å². The lowest BCUT2D eigenvalue weighted by Crippen LogP contribution is -2.19. The molecule has 2 N–H and O–H groups in total. The van der Waals surface area contributed by atoms with Crippen LogP contribution >= 0.6 is 15.9 Å². The number of H-pyrrole nitrogens is 1. The summed E-state index contributed by atoms with van der Waals surface area (Å²) in [6, 6.07) is 4.14. The molecule has 4 nitrogen and oxygen atoms in total. The number of halogens is 1. The van der Waals surface area contributed by atoms with Crippen LogP contribution in [0.2, 0.25) is 0 Å². The molecule has 0 bridgehead atoms. The van der Waals surface area contributed by atoms with Gasteiger partial charge in [-0.15, -0.1) is 0 Å². The highest BCUT2D eigenvalue weighted by Crippen LogP contribution is 2.19. The summed E-state index contributed by atoms with van der Waals surface area (Å²) in [6.45, 7) is 5.12. The summed E-state index contributed by atoms with van der Waals surface area (Å²) in [5.74, 6) is 0.960. The molecule has 2 aromatic rings. The van der Waals surface area contributed by atoms with E-state index in [0.717, 1.165) is 35.5 Å². The van der Waals surface area contributed by atoms with Crippen molar-refractivity contribution in [2.75, 3.05) is 6.54 Å². The Hall–Kier alpha value is -1.07. The standard InChI is InChI=1S/C13H18BrN3O/c1-9-11(8-16-17-9)4-3-7-15-10(2)12-5-6-13(14)18-12/h5-6,8,10,15H,3-4,7H2,1-2H3,(H,16,17). The number of aromatic amines is 1. The van der Waals surface area contributed by atoms with Crippen LogP contribution in [0.25, 0.3) is 0 Å². The van der Waals surface area contributed by atoms with E-state index in [1.807, 2.05) is 18.3 Å². The quantitative estimate of drug-likeness (QED) is 0.804. The predicted molar refractivity (Wildman–Crippen MR) is 74.5 cm³/mol. The third kappa shape index (κ3) is 3.46. The molecule has 98 valence electrons. The first-order valence-electron chi connectivity index (χ1n) is 6.14. The summed E-state index contributed by atoms with van der Waals surface area (Å²) >= 11 is 3.31. The van der Waals surface area contributed by atoms with Crippen LogP contribution in [0, 0.1) is 6.92 Å². The molecule has 1 unspecified atom stereocenters. The first-order valence-corrected chi connectivity index (χ1v) is 6.93. The van der Waals surface area contributed by atoms with Crippen LogP contribution < -0.4 is 5.32 Å². The smallest absolute Gasteiger partial charge is 0.169 e. The van der Waals surface area contributed by atoms with E-state index in [0.29, 0.717) is 0 Å². The maximum atomic E-state index is 5.51. The first-order chi connectivity index (χ1) is 8.66. The third-order valence-electron chi connectivity index (χ3n) is 3.03. The Morgan fingerprint density at radius 3 is 2.94 bits per heavy atom. The number of aromatic nitrogens is 2. The molecule has 0 spiro atoms. The van der Waals surface area contributed by atoms with Gasteiger partial charge in [0.05, 0.1) is 12.2 Å². The second kappa shape index (κ2) is 6.20. The lowest BCUT2D eigenvalue weighted by atomic mass is 10.1. The molecular weight excluding hydrogens is 294 g/mol. The van der Waals surface area contributed by atoms with Crippen molar-refractivity contribution >= 4 is 15.9 Å². The van der Waals surface area contributed by atoms with E-state index in [1.165, 1.54) is 5.56 Å². The predicted octanol–water partition coefficient (Wildman–Crippen LogP) is 3.36. The Morgan fingerprint density at radius 2 is 2.33 bits per heavy atom. The molecule has 0 saturated heterocycles. The average Bonchev–Trinajstić information content (AvgIpc) is 2.94. The molecule has 2 rings (SSSR count). The van der Waals surface area contributed by atoms with Crippen LogP contribution in [0.5, 0.6) is 0 Å². The summed E-state index contributed by atoms with van der Waals surface area (Å²) in [4.78, 5) is 0. The molecule has 0 aliphatic rings. The minimum absolute atomic E-state index is 0.238. The molecule has 0 aromatic carbocycles. The lowest BCUT2D eigenvalue weighted by molar-refractivity contribution is 0.417. The molecule has 0 radical (unpaired) electrons. The lowest BCUT2D eigenvalue weighted by Gasteiger charge is -2.10. The van der Waals surface area contributed by atoms with Crippen LogP contribution in [-0.2, 0) is 6.42 Å². The Morgan fingerprint density at radius 1 is 1.50 bits per heavy atom. The second-order valence-corrected chi connectivity index (χ2v) is 5.22. The van der Waals surface area contributed by atoms with Crippen LogP contribution in [0.1, 0.15) is 36.4 Å². The number of aryl methyl sites for hydroxylation is 2. The van der Waals surface area contributed by atoms with Crippen molar-refractivity contribution in [1.29, 1.82) is 0 Å². The van der Waals surface area contributed by atoms with Gasteiger partial charge >= 0.3 is 0 Å². The maximum Gasteiger partial charge on any atom is 0.169 e. The van der Waals surface area contributed by atoms with Crippen molar-refractivity contribution < 1.29 is 4.42 Å². The number of hydrogen-bond acceptors (Lipinski definition) is 3. The Balaban J connectivity index is 1.71. The van der Waals surface area contributed by atoms with Gasteiger partial charge in [0.25, 0.3) is 0 Å². The third-order valence-corrected chi connectivity index (χ3v) is 3.45. The highest BCUT2D eigenvalue weighted by Gasteiger charge is 2.08. The SMILES string of the molecule is Cc1[nH]ncc1CCCNC(C)c1ccc(Br)o1. The zero-order chi connectivity index (χ0) is 13.0. The highest BCUT2D eigenvalue weighted by molar-refractivity contribution is 9.10. The summed E-state index contributed by atoms with van der Waals surface area (Å²) in [5, 5.41) is 10.4. The van der Waals surface area contributed by atoms with Gasteiger partial charge in [-0.3, -0.25) is 5.10 Å². The van der Waals surface area contributed by atoms with Crippen molar-refractivity contribution in [3.63, 3.8) is 0 Å². The number of nitrogens with one attached hydrogen (secondary N) is 2. The summed E-state index contributed by atoms with van der Waals surface area (Å²) in [6.07, 6.45) is 4.04. The van der Waals surface area contributed by atoms with Gasteiger partial charge in [-0.25, -0.2) is 0 Å². The number of rotatable bonds is 6. The highest BCUT2D eigenvalue weighted by atomic mass is 79.9. The van der Waals surface area contributed by atoms with E-state index >= 15 is 0 Å². The average molecular weight is 312 g/mol. The zero-order valence-corrected chi connectivity index (χ0v) is 12.3. The zero-order valence-electron chi connectivity index (χ0n) is 10.7. The molecule has 0 amide bonds. The summed E-state index contributed by atoms with van der Waals surface area (Å²) < 4.78 is 6.28. The number of hydrogen-bond donors (Lipinski definition) is 2. The van der Waals surface area contributed by atoms with Gasteiger partial charge in [0.15, 0.2) is 4.67 Å². The fraction of sp³-hybridized carbons (Fsp3) is 0.462. The van der Waals surface area contributed by atoms with Crippen molar-refractivity contribution in [2.45, 2.75) is 32.7 Å². The summed E-state index contributed by atoms with van der Waals surface area (Å²) in [5.41, 5.74) is 2.46. The molecule has 2 heterocycles. The molecule has 0 fully saturated rings. The Kier molecular flexibility index (Phi) is 4.60. The van der Waals surface area contributed by atoms with Gasteiger partial charge in [0.1, 0.15) is 5.76 Å². The molecule has 2 aromatic heterocycles. The van der Waals surface area contributed by atoms with Crippen molar-refractivity contribution in [2.24, 2.45) is 0 Å². The van der Waals surface area contributed by atoms with Crippen LogP contribution in [0.15, 0.2) is 27.4 Å². The van der Waals surface area contributed by atoms with Gasteiger partial charge in [-0.1, -0.05) is 0 Å².